The van der Waals surface area contributed by atoms with Gasteiger partial charge < -0.3 is 10.6 Å². The van der Waals surface area contributed by atoms with Crippen LogP contribution in [0.3, 0.4) is 0 Å². The smallest absolute Gasteiger partial charge is 0.348 e. The minimum Gasteiger partial charge on any atom is -0.348 e. The predicted octanol–water partition coefficient (Wildman–Crippen LogP) is 5.93. The maximum atomic E-state index is 12.9. The SMILES string of the molecule is O=C(NCc1cccc(C(F)(F)F)c1)c1cccc(Nc2nccc3ccccc23)c1. The van der Waals surface area contributed by atoms with Crippen molar-refractivity contribution in [1.29, 1.82) is 0 Å². The van der Waals surface area contributed by atoms with Gasteiger partial charge in [0.05, 0.1) is 5.56 Å². The Labute approximate surface area is 176 Å². The molecule has 156 valence electrons. The number of halogens is 3. The van der Waals surface area contributed by atoms with E-state index in [0.717, 1.165) is 22.9 Å². The normalized spacial score (nSPS) is 11.3. The molecule has 0 saturated carbocycles. The number of aromatic nitrogens is 1. The lowest BCUT2D eigenvalue weighted by molar-refractivity contribution is -0.137. The average Bonchev–Trinajstić information content (AvgIpc) is 2.77. The Hall–Kier alpha value is -3.87. The van der Waals surface area contributed by atoms with E-state index in [1.807, 2.05) is 36.4 Å². The van der Waals surface area contributed by atoms with Crippen molar-refractivity contribution in [2.45, 2.75) is 12.7 Å². The molecule has 31 heavy (non-hydrogen) atoms. The Morgan fingerprint density at radius 3 is 2.55 bits per heavy atom. The predicted molar refractivity (Wildman–Crippen MR) is 114 cm³/mol. The quantitative estimate of drug-likeness (QED) is 0.420. The average molecular weight is 421 g/mol. The minimum absolute atomic E-state index is 0.00864. The highest BCUT2D eigenvalue weighted by Crippen LogP contribution is 2.29. The summed E-state index contributed by atoms with van der Waals surface area (Å²) < 4.78 is 38.6. The molecule has 0 saturated heterocycles. The molecule has 7 heteroatoms. The topological polar surface area (TPSA) is 54.0 Å². The van der Waals surface area contributed by atoms with Crippen LogP contribution in [0.1, 0.15) is 21.5 Å². The molecular weight excluding hydrogens is 403 g/mol. The van der Waals surface area contributed by atoms with E-state index in [0.29, 0.717) is 22.6 Å². The number of hydrogen-bond acceptors (Lipinski definition) is 3. The summed E-state index contributed by atoms with van der Waals surface area (Å²) >= 11 is 0. The third-order valence-corrected chi connectivity index (χ3v) is 4.77. The maximum absolute atomic E-state index is 12.9. The molecule has 0 aliphatic carbocycles. The molecule has 3 aromatic carbocycles. The first-order valence-corrected chi connectivity index (χ1v) is 9.55. The number of benzene rings is 3. The minimum atomic E-state index is -4.42. The number of nitrogens with zero attached hydrogens (tertiary/aromatic N) is 1. The summed E-state index contributed by atoms with van der Waals surface area (Å²) in [5.41, 5.74) is 0.693. The number of nitrogens with one attached hydrogen (secondary N) is 2. The number of anilines is 2. The van der Waals surface area contributed by atoms with E-state index in [9.17, 15) is 18.0 Å². The molecule has 0 unspecified atom stereocenters. The second kappa shape index (κ2) is 8.47. The van der Waals surface area contributed by atoms with E-state index in [2.05, 4.69) is 15.6 Å². The van der Waals surface area contributed by atoms with Gasteiger partial charge in [-0.25, -0.2) is 4.98 Å². The standard InChI is InChI=1S/C24H18F3N3O/c25-24(26,27)19-8-3-5-16(13-19)15-29-23(31)18-7-4-9-20(14-18)30-22-21-10-2-1-6-17(21)11-12-28-22/h1-14H,15H2,(H,28,30)(H,29,31). The van der Waals surface area contributed by atoms with Crippen LogP contribution in [-0.2, 0) is 12.7 Å². The second-order valence-corrected chi connectivity index (χ2v) is 6.97. The summed E-state index contributed by atoms with van der Waals surface area (Å²) in [7, 11) is 0. The Balaban J connectivity index is 1.47. The fourth-order valence-electron chi connectivity index (χ4n) is 3.24. The van der Waals surface area contributed by atoms with Crippen molar-refractivity contribution in [3.05, 3.63) is 102 Å². The van der Waals surface area contributed by atoms with Crippen molar-refractivity contribution in [2.24, 2.45) is 0 Å². The van der Waals surface area contributed by atoms with Gasteiger partial charge in [0.25, 0.3) is 5.91 Å². The number of amides is 1. The molecule has 0 bridgehead atoms. The molecule has 4 nitrogen and oxygen atoms in total. The fourth-order valence-corrected chi connectivity index (χ4v) is 3.24. The van der Waals surface area contributed by atoms with Crippen LogP contribution < -0.4 is 10.6 Å². The number of fused-ring (bicyclic) bond motifs is 1. The Bertz CT molecular complexity index is 1230. The van der Waals surface area contributed by atoms with E-state index >= 15 is 0 Å². The van der Waals surface area contributed by atoms with Gasteiger partial charge in [-0.3, -0.25) is 4.79 Å². The Morgan fingerprint density at radius 1 is 0.903 bits per heavy atom. The molecule has 1 aromatic heterocycles. The summed E-state index contributed by atoms with van der Waals surface area (Å²) in [4.78, 5) is 16.9. The van der Waals surface area contributed by atoms with E-state index in [1.165, 1.54) is 6.07 Å². The number of carbonyl (C=O) groups is 1. The molecule has 2 N–H and O–H groups in total. The molecule has 0 aliphatic rings. The number of hydrogen-bond donors (Lipinski definition) is 2. The lowest BCUT2D eigenvalue weighted by Gasteiger charge is -2.11. The van der Waals surface area contributed by atoms with E-state index < -0.39 is 11.7 Å². The molecule has 0 radical (unpaired) electrons. The van der Waals surface area contributed by atoms with Crippen LogP contribution in [-0.4, -0.2) is 10.9 Å². The Morgan fingerprint density at radius 2 is 1.71 bits per heavy atom. The van der Waals surface area contributed by atoms with Crippen LogP contribution in [0.2, 0.25) is 0 Å². The van der Waals surface area contributed by atoms with Crippen molar-refractivity contribution < 1.29 is 18.0 Å². The van der Waals surface area contributed by atoms with E-state index in [-0.39, 0.29) is 12.5 Å². The molecule has 0 aliphatic heterocycles. The molecular formula is C24H18F3N3O. The van der Waals surface area contributed by atoms with Crippen molar-refractivity contribution in [3.63, 3.8) is 0 Å². The van der Waals surface area contributed by atoms with Crippen molar-refractivity contribution >= 4 is 28.2 Å². The third-order valence-electron chi connectivity index (χ3n) is 4.77. The molecule has 4 rings (SSSR count). The number of alkyl halides is 3. The molecule has 0 atom stereocenters. The Kier molecular flexibility index (Phi) is 5.58. The van der Waals surface area contributed by atoms with Gasteiger partial charge in [-0.15, -0.1) is 0 Å². The molecule has 0 fully saturated rings. The first-order valence-electron chi connectivity index (χ1n) is 9.55. The third kappa shape index (κ3) is 4.83. The van der Waals surface area contributed by atoms with Crippen molar-refractivity contribution in [1.82, 2.24) is 10.3 Å². The van der Waals surface area contributed by atoms with Gasteiger partial charge in [-0.1, -0.05) is 42.5 Å². The van der Waals surface area contributed by atoms with Crippen LogP contribution in [0.5, 0.6) is 0 Å². The molecule has 1 heterocycles. The van der Waals surface area contributed by atoms with Gasteiger partial charge in [0.15, 0.2) is 0 Å². The monoisotopic (exact) mass is 421 g/mol. The first-order chi connectivity index (χ1) is 14.9. The first kappa shape index (κ1) is 20.4. The zero-order valence-corrected chi connectivity index (χ0v) is 16.3. The van der Waals surface area contributed by atoms with Crippen LogP contribution in [0, 0.1) is 0 Å². The summed E-state index contributed by atoms with van der Waals surface area (Å²) in [6.45, 7) is -0.00864. The van der Waals surface area contributed by atoms with Gasteiger partial charge in [-0.2, -0.15) is 13.2 Å². The summed E-state index contributed by atoms with van der Waals surface area (Å²) in [5.74, 6) is 0.284. The molecule has 0 spiro atoms. The van der Waals surface area contributed by atoms with Crippen LogP contribution in [0.4, 0.5) is 24.7 Å². The van der Waals surface area contributed by atoms with Gasteiger partial charge in [0.2, 0.25) is 0 Å². The second-order valence-electron chi connectivity index (χ2n) is 6.97. The zero-order valence-electron chi connectivity index (χ0n) is 16.3. The zero-order chi connectivity index (χ0) is 21.8. The van der Waals surface area contributed by atoms with Crippen LogP contribution in [0.25, 0.3) is 10.8 Å². The largest absolute Gasteiger partial charge is 0.416 e. The summed E-state index contributed by atoms with van der Waals surface area (Å²) in [5, 5.41) is 7.87. The fraction of sp³-hybridized carbons (Fsp3) is 0.0833. The van der Waals surface area contributed by atoms with Crippen molar-refractivity contribution in [2.75, 3.05) is 5.32 Å². The lowest BCUT2D eigenvalue weighted by atomic mass is 10.1. The highest BCUT2D eigenvalue weighted by atomic mass is 19.4. The van der Waals surface area contributed by atoms with Gasteiger partial charge in [-0.05, 0) is 47.3 Å². The summed E-state index contributed by atoms with van der Waals surface area (Å²) in [6.07, 6.45) is -2.72. The van der Waals surface area contributed by atoms with Crippen LogP contribution >= 0.6 is 0 Å². The lowest BCUT2D eigenvalue weighted by Crippen LogP contribution is -2.23. The van der Waals surface area contributed by atoms with Gasteiger partial charge >= 0.3 is 6.18 Å². The summed E-state index contributed by atoms with van der Waals surface area (Å²) in [6, 6.07) is 21.5. The number of rotatable bonds is 5. The number of pyridine rings is 1. The van der Waals surface area contributed by atoms with E-state index in [1.54, 1.807) is 30.5 Å². The highest BCUT2D eigenvalue weighted by molar-refractivity contribution is 5.96. The van der Waals surface area contributed by atoms with Crippen LogP contribution in [0.15, 0.2) is 85.1 Å². The molecule has 4 aromatic rings. The van der Waals surface area contributed by atoms with Gasteiger partial charge in [0.1, 0.15) is 5.82 Å². The maximum Gasteiger partial charge on any atom is 0.416 e. The van der Waals surface area contributed by atoms with Crippen molar-refractivity contribution in [3.8, 4) is 0 Å². The highest BCUT2D eigenvalue weighted by Gasteiger charge is 2.30. The van der Waals surface area contributed by atoms with Gasteiger partial charge in [0, 0.05) is 29.4 Å². The molecule has 1 amide bonds. The van der Waals surface area contributed by atoms with E-state index in [4.69, 9.17) is 0 Å². The number of carbonyl (C=O) groups excluding carboxylic acids is 1.